The molecule has 1 aromatic heterocycles. The summed E-state index contributed by atoms with van der Waals surface area (Å²) in [4.78, 5) is 15.1. The summed E-state index contributed by atoms with van der Waals surface area (Å²) in [5.74, 6) is 0.112. The Morgan fingerprint density at radius 1 is 1.42 bits per heavy atom. The summed E-state index contributed by atoms with van der Waals surface area (Å²) in [5.41, 5.74) is 0. The van der Waals surface area contributed by atoms with Crippen molar-refractivity contribution >= 4 is 23.3 Å². The van der Waals surface area contributed by atoms with E-state index in [1.54, 1.807) is 17.4 Å². The molecule has 4 heteroatoms. The van der Waals surface area contributed by atoms with E-state index >= 15 is 0 Å². The van der Waals surface area contributed by atoms with E-state index in [2.05, 4.69) is 5.32 Å². The normalized spacial score (nSPS) is 23.7. The maximum absolute atomic E-state index is 12.1. The van der Waals surface area contributed by atoms with E-state index < -0.39 is 0 Å². The second kappa shape index (κ2) is 6.87. The van der Waals surface area contributed by atoms with E-state index in [1.165, 1.54) is 0 Å². The molecule has 1 fully saturated rings. The van der Waals surface area contributed by atoms with E-state index in [0.29, 0.717) is 12.1 Å². The molecule has 1 aliphatic rings. The first-order valence-electron chi connectivity index (χ1n) is 6.86. The third-order valence-corrected chi connectivity index (χ3v) is 4.77. The zero-order chi connectivity index (χ0) is 13.7. The second-order valence-corrected chi connectivity index (χ2v) is 6.07. The fraction of sp³-hybridized carbons (Fsp3) is 0.533. The molecule has 1 saturated carbocycles. The maximum Gasteiger partial charge on any atom is 0.246 e. The molecule has 1 aromatic rings. The minimum absolute atomic E-state index is 0.112. The predicted octanol–water partition coefficient (Wildman–Crippen LogP) is 2.75. The van der Waals surface area contributed by atoms with Gasteiger partial charge in [-0.05, 0) is 50.3 Å². The second-order valence-electron chi connectivity index (χ2n) is 5.09. The van der Waals surface area contributed by atoms with Gasteiger partial charge in [-0.25, -0.2) is 0 Å². The highest BCUT2D eigenvalue weighted by Crippen LogP contribution is 2.22. The summed E-state index contributed by atoms with van der Waals surface area (Å²) < 4.78 is 0. The SMILES string of the molecule is CNC1CCC(N(C)C(=O)C=Cc2cccs2)CC1. The molecule has 0 aliphatic heterocycles. The highest BCUT2D eigenvalue weighted by Gasteiger charge is 2.24. The third-order valence-electron chi connectivity index (χ3n) is 3.93. The quantitative estimate of drug-likeness (QED) is 0.859. The lowest BCUT2D eigenvalue weighted by Crippen LogP contribution is -2.41. The van der Waals surface area contributed by atoms with E-state index in [-0.39, 0.29) is 5.91 Å². The van der Waals surface area contributed by atoms with Crippen molar-refractivity contribution in [1.29, 1.82) is 0 Å². The number of likely N-dealkylation sites (N-methyl/N-ethyl adjacent to an activating group) is 1. The Kier molecular flexibility index (Phi) is 5.16. The van der Waals surface area contributed by atoms with Crippen LogP contribution in [0.15, 0.2) is 23.6 Å². The van der Waals surface area contributed by atoms with Gasteiger partial charge < -0.3 is 10.2 Å². The Morgan fingerprint density at radius 2 is 2.16 bits per heavy atom. The van der Waals surface area contributed by atoms with Crippen LogP contribution in [0.4, 0.5) is 0 Å². The molecular formula is C15H22N2OS. The average Bonchev–Trinajstić information content (AvgIpc) is 2.97. The Morgan fingerprint density at radius 3 is 2.74 bits per heavy atom. The molecule has 1 heterocycles. The van der Waals surface area contributed by atoms with Gasteiger partial charge in [0.25, 0.3) is 0 Å². The van der Waals surface area contributed by atoms with Crippen molar-refractivity contribution in [3.63, 3.8) is 0 Å². The van der Waals surface area contributed by atoms with Gasteiger partial charge in [0.05, 0.1) is 0 Å². The van der Waals surface area contributed by atoms with Crippen LogP contribution >= 0.6 is 11.3 Å². The fourth-order valence-electron chi connectivity index (χ4n) is 2.59. The van der Waals surface area contributed by atoms with Gasteiger partial charge in [-0.15, -0.1) is 11.3 Å². The van der Waals surface area contributed by atoms with Gasteiger partial charge in [0.1, 0.15) is 0 Å². The number of nitrogens with zero attached hydrogens (tertiary/aromatic N) is 1. The molecule has 0 unspecified atom stereocenters. The Labute approximate surface area is 119 Å². The molecule has 0 saturated heterocycles. The van der Waals surface area contributed by atoms with Crippen molar-refractivity contribution in [1.82, 2.24) is 10.2 Å². The molecule has 2 rings (SSSR count). The largest absolute Gasteiger partial charge is 0.339 e. The predicted molar refractivity (Wildman–Crippen MR) is 81.2 cm³/mol. The van der Waals surface area contributed by atoms with Crippen LogP contribution in [0, 0.1) is 0 Å². The Balaban J connectivity index is 1.86. The van der Waals surface area contributed by atoms with E-state index in [0.717, 1.165) is 30.6 Å². The number of hydrogen-bond acceptors (Lipinski definition) is 3. The molecular weight excluding hydrogens is 256 g/mol. The molecule has 104 valence electrons. The van der Waals surface area contributed by atoms with Gasteiger partial charge in [-0.3, -0.25) is 4.79 Å². The summed E-state index contributed by atoms with van der Waals surface area (Å²) in [6.45, 7) is 0. The van der Waals surface area contributed by atoms with E-state index in [1.807, 2.05) is 42.6 Å². The summed E-state index contributed by atoms with van der Waals surface area (Å²) in [7, 11) is 3.94. The molecule has 1 N–H and O–H groups in total. The Bertz CT molecular complexity index is 419. The molecule has 0 spiro atoms. The molecule has 3 nitrogen and oxygen atoms in total. The third kappa shape index (κ3) is 3.91. The van der Waals surface area contributed by atoms with Gasteiger partial charge in [-0.1, -0.05) is 6.07 Å². The first-order valence-corrected chi connectivity index (χ1v) is 7.74. The van der Waals surface area contributed by atoms with Gasteiger partial charge in [0.2, 0.25) is 5.91 Å². The number of amides is 1. The zero-order valence-corrected chi connectivity index (χ0v) is 12.5. The number of thiophene rings is 1. The maximum atomic E-state index is 12.1. The monoisotopic (exact) mass is 278 g/mol. The number of rotatable bonds is 4. The van der Waals surface area contributed by atoms with Crippen LogP contribution < -0.4 is 5.32 Å². The minimum Gasteiger partial charge on any atom is -0.339 e. The summed E-state index contributed by atoms with van der Waals surface area (Å²) in [6.07, 6.45) is 8.11. The number of nitrogens with one attached hydrogen (secondary N) is 1. The van der Waals surface area contributed by atoms with Gasteiger partial charge in [-0.2, -0.15) is 0 Å². The van der Waals surface area contributed by atoms with Crippen LogP contribution in [0.1, 0.15) is 30.6 Å². The van der Waals surface area contributed by atoms with Crippen LogP contribution in [-0.4, -0.2) is 37.0 Å². The van der Waals surface area contributed by atoms with Crippen LogP contribution in [0.3, 0.4) is 0 Å². The zero-order valence-electron chi connectivity index (χ0n) is 11.6. The van der Waals surface area contributed by atoms with Crippen molar-refractivity contribution in [2.75, 3.05) is 14.1 Å². The fourth-order valence-corrected chi connectivity index (χ4v) is 3.21. The topological polar surface area (TPSA) is 32.3 Å². The molecule has 0 radical (unpaired) electrons. The van der Waals surface area contributed by atoms with Crippen LogP contribution in [0.5, 0.6) is 0 Å². The van der Waals surface area contributed by atoms with Gasteiger partial charge >= 0.3 is 0 Å². The van der Waals surface area contributed by atoms with Crippen LogP contribution in [0.25, 0.3) is 6.08 Å². The minimum atomic E-state index is 0.112. The van der Waals surface area contributed by atoms with Crippen molar-refractivity contribution in [3.8, 4) is 0 Å². The molecule has 1 amide bonds. The lowest BCUT2D eigenvalue weighted by molar-refractivity contribution is -0.127. The van der Waals surface area contributed by atoms with Crippen molar-refractivity contribution in [3.05, 3.63) is 28.5 Å². The number of hydrogen-bond donors (Lipinski definition) is 1. The van der Waals surface area contributed by atoms with Gasteiger partial charge in [0.15, 0.2) is 0 Å². The first kappa shape index (κ1) is 14.3. The van der Waals surface area contributed by atoms with E-state index in [4.69, 9.17) is 0 Å². The number of carbonyl (C=O) groups is 1. The number of carbonyl (C=O) groups excluding carboxylic acids is 1. The molecule has 1 aliphatic carbocycles. The standard InChI is InChI=1S/C15H22N2OS/c1-16-12-5-7-13(8-6-12)17(2)15(18)10-9-14-4-3-11-19-14/h3-4,9-13,16H,5-8H2,1-2H3. The lowest BCUT2D eigenvalue weighted by atomic mass is 9.90. The van der Waals surface area contributed by atoms with Crippen molar-refractivity contribution in [2.45, 2.75) is 37.8 Å². The summed E-state index contributed by atoms with van der Waals surface area (Å²) >= 11 is 1.65. The average molecular weight is 278 g/mol. The first-order chi connectivity index (χ1) is 9.20. The lowest BCUT2D eigenvalue weighted by Gasteiger charge is -2.34. The highest BCUT2D eigenvalue weighted by molar-refractivity contribution is 7.10. The van der Waals surface area contributed by atoms with E-state index in [9.17, 15) is 4.79 Å². The van der Waals surface area contributed by atoms with Crippen LogP contribution in [0.2, 0.25) is 0 Å². The summed E-state index contributed by atoms with van der Waals surface area (Å²) in [5, 5.41) is 5.34. The summed E-state index contributed by atoms with van der Waals surface area (Å²) in [6, 6.07) is 5.04. The van der Waals surface area contributed by atoms with Crippen molar-refractivity contribution in [2.24, 2.45) is 0 Å². The molecule has 0 bridgehead atoms. The van der Waals surface area contributed by atoms with Gasteiger partial charge in [0, 0.05) is 30.1 Å². The Hall–Kier alpha value is -1.13. The van der Waals surface area contributed by atoms with Crippen molar-refractivity contribution < 1.29 is 4.79 Å². The smallest absolute Gasteiger partial charge is 0.246 e. The molecule has 19 heavy (non-hydrogen) atoms. The molecule has 0 atom stereocenters. The highest BCUT2D eigenvalue weighted by atomic mass is 32.1. The molecule has 0 aromatic carbocycles. The van der Waals surface area contributed by atoms with Crippen LogP contribution in [-0.2, 0) is 4.79 Å².